The Morgan fingerprint density at radius 3 is 2.47 bits per heavy atom. The monoisotopic (exact) mass is 276 g/mol. The van der Waals surface area contributed by atoms with E-state index in [0.717, 1.165) is 25.1 Å². The molecule has 3 N–H and O–H groups in total. The number of alkyl halides is 3. The molecule has 0 amide bonds. The number of hydrogen-bond donors (Lipinski definition) is 2. The molecule has 1 atom stereocenters. The molecule has 4 nitrogen and oxygen atoms in total. The fraction of sp³-hybridized carbons (Fsp3) is 0.667. The Morgan fingerprint density at radius 2 is 1.95 bits per heavy atom. The fourth-order valence-electron chi connectivity index (χ4n) is 1.87. The van der Waals surface area contributed by atoms with Gasteiger partial charge in [0.2, 0.25) is 5.95 Å². The molecule has 1 unspecified atom stereocenters. The van der Waals surface area contributed by atoms with Gasteiger partial charge in [-0.1, -0.05) is 26.7 Å². The van der Waals surface area contributed by atoms with Gasteiger partial charge >= 0.3 is 6.18 Å². The zero-order valence-electron chi connectivity index (χ0n) is 11.0. The first-order chi connectivity index (χ1) is 8.88. The van der Waals surface area contributed by atoms with Crippen molar-refractivity contribution in [2.45, 2.75) is 38.9 Å². The quantitative estimate of drug-likeness (QED) is 0.838. The summed E-state index contributed by atoms with van der Waals surface area (Å²) in [5, 5.41) is 2.76. The van der Waals surface area contributed by atoms with Crippen LogP contribution in [0.15, 0.2) is 12.3 Å². The van der Waals surface area contributed by atoms with Crippen molar-refractivity contribution in [2.75, 3.05) is 11.9 Å². The lowest BCUT2D eigenvalue weighted by Gasteiger charge is -2.21. The van der Waals surface area contributed by atoms with E-state index in [2.05, 4.69) is 15.3 Å². The van der Waals surface area contributed by atoms with Crippen LogP contribution in [-0.4, -0.2) is 22.6 Å². The summed E-state index contributed by atoms with van der Waals surface area (Å²) in [6, 6.07) is 0.708. The third-order valence-corrected chi connectivity index (χ3v) is 3.10. The van der Waals surface area contributed by atoms with E-state index in [1.807, 2.05) is 13.8 Å². The van der Waals surface area contributed by atoms with Crippen molar-refractivity contribution in [1.82, 2.24) is 9.97 Å². The minimum absolute atomic E-state index is 0.0452. The normalized spacial score (nSPS) is 13.6. The Morgan fingerprint density at radius 1 is 1.32 bits per heavy atom. The van der Waals surface area contributed by atoms with E-state index in [-0.39, 0.29) is 12.0 Å². The van der Waals surface area contributed by atoms with Crippen molar-refractivity contribution in [3.63, 3.8) is 0 Å². The molecule has 0 aliphatic rings. The van der Waals surface area contributed by atoms with Crippen LogP contribution in [0, 0.1) is 5.92 Å². The number of nitrogens with two attached hydrogens (primary N) is 1. The molecule has 1 rings (SSSR count). The second-order valence-electron chi connectivity index (χ2n) is 4.38. The zero-order valence-corrected chi connectivity index (χ0v) is 11.0. The van der Waals surface area contributed by atoms with E-state index >= 15 is 0 Å². The van der Waals surface area contributed by atoms with Gasteiger partial charge in [0.1, 0.15) is 5.69 Å². The summed E-state index contributed by atoms with van der Waals surface area (Å²) >= 11 is 0. The molecule has 108 valence electrons. The first-order valence-corrected chi connectivity index (χ1v) is 6.28. The van der Waals surface area contributed by atoms with Crippen LogP contribution in [0.25, 0.3) is 0 Å². The molecule has 0 aromatic carbocycles. The summed E-state index contributed by atoms with van der Waals surface area (Å²) in [6.07, 6.45) is -1.51. The van der Waals surface area contributed by atoms with Crippen molar-refractivity contribution < 1.29 is 13.2 Å². The first kappa shape index (κ1) is 15.7. The van der Waals surface area contributed by atoms with Crippen LogP contribution in [-0.2, 0) is 6.18 Å². The Kier molecular flexibility index (Phi) is 5.53. The van der Waals surface area contributed by atoms with Gasteiger partial charge in [-0.2, -0.15) is 13.2 Å². The van der Waals surface area contributed by atoms with Gasteiger partial charge in [0.05, 0.1) is 0 Å². The molecule has 0 saturated heterocycles. The van der Waals surface area contributed by atoms with Gasteiger partial charge in [-0.3, -0.25) is 0 Å². The molecular weight excluding hydrogens is 257 g/mol. The lowest BCUT2D eigenvalue weighted by Crippen LogP contribution is -2.36. The number of nitrogens with one attached hydrogen (secondary N) is 1. The SMILES string of the molecule is CCC(CC)C(N)CNc1nccc(C(F)(F)F)n1. The average Bonchev–Trinajstić information content (AvgIpc) is 2.37. The van der Waals surface area contributed by atoms with Crippen LogP contribution in [0.2, 0.25) is 0 Å². The fourth-order valence-corrected chi connectivity index (χ4v) is 1.87. The summed E-state index contributed by atoms with van der Waals surface area (Å²) in [5.41, 5.74) is 5.01. The number of hydrogen-bond acceptors (Lipinski definition) is 4. The van der Waals surface area contributed by atoms with E-state index in [1.165, 1.54) is 0 Å². The predicted molar refractivity (Wildman–Crippen MR) is 67.6 cm³/mol. The molecule has 0 spiro atoms. The van der Waals surface area contributed by atoms with Crippen LogP contribution < -0.4 is 11.1 Å². The molecule has 1 aromatic heterocycles. The maximum Gasteiger partial charge on any atom is 0.433 e. The summed E-state index contributed by atoms with van der Waals surface area (Å²) in [6.45, 7) is 4.43. The zero-order chi connectivity index (χ0) is 14.5. The highest BCUT2D eigenvalue weighted by Gasteiger charge is 2.32. The van der Waals surface area contributed by atoms with Crippen LogP contribution in [0.5, 0.6) is 0 Å². The van der Waals surface area contributed by atoms with Crippen LogP contribution in [0.3, 0.4) is 0 Å². The number of nitrogens with zero attached hydrogens (tertiary/aromatic N) is 2. The van der Waals surface area contributed by atoms with Gasteiger partial charge in [-0.15, -0.1) is 0 Å². The molecule has 0 fully saturated rings. The van der Waals surface area contributed by atoms with Gasteiger partial charge in [0.15, 0.2) is 0 Å². The van der Waals surface area contributed by atoms with E-state index in [0.29, 0.717) is 12.5 Å². The van der Waals surface area contributed by atoms with Crippen molar-refractivity contribution in [3.05, 3.63) is 18.0 Å². The molecular formula is C12H19F3N4. The van der Waals surface area contributed by atoms with Crippen LogP contribution >= 0.6 is 0 Å². The van der Waals surface area contributed by atoms with E-state index in [4.69, 9.17) is 5.73 Å². The third kappa shape index (κ3) is 4.66. The van der Waals surface area contributed by atoms with Crippen molar-refractivity contribution in [1.29, 1.82) is 0 Å². The Labute approximate surface area is 110 Å². The second-order valence-corrected chi connectivity index (χ2v) is 4.38. The smallest absolute Gasteiger partial charge is 0.353 e. The number of anilines is 1. The Balaban J connectivity index is 2.63. The summed E-state index contributed by atoms with van der Waals surface area (Å²) < 4.78 is 37.4. The summed E-state index contributed by atoms with van der Waals surface area (Å²) in [4.78, 5) is 7.18. The maximum atomic E-state index is 12.5. The van der Waals surface area contributed by atoms with Gasteiger partial charge in [0, 0.05) is 18.8 Å². The molecule has 19 heavy (non-hydrogen) atoms. The Hall–Kier alpha value is -1.37. The third-order valence-electron chi connectivity index (χ3n) is 3.10. The molecule has 0 aliphatic carbocycles. The molecule has 0 radical (unpaired) electrons. The number of halogens is 3. The lowest BCUT2D eigenvalue weighted by molar-refractivity contribution is -0.141. The van der Waals surface area contributed by atoms with Gasteiger partial charge in [0.25, 0.3) is 0 Å². The highest BCUT2D eigenvalue weighted by molar-refractivity contribution is 5.26. The molecule has 0 aliphatic heterocycles. The molecule has 1 aromatic rings. The first-order valence-electron chi connectivity index (χ1n) is 6.28. The average molecular weight is 276 g/mol. The van der Waals surface area contributed by atoms with E-state index in [9.17, 15) is 13.2 Å². The molecule has 7 heteroatoms. The molecule has 1 heterocycles. The van der Waals surface area contributed by atoms with Gasteiger partial charge in [-0.25, -0.2) is 9.97 Å². The Bertz CT molecular complexity index is 391. The largest absolute Gasteiger partial charge is 0.433 e. The number of rotatable bonds is 6. The summed E-state index contributed by atoms with van der Waals surface area (Å²) in [7, 11) is 0. The minimum atomic E-state index is -4.46. The standard InChI is InChI=1S/C12H19F3N4/c1-3-8(4-2)9(16)7-18-11-17-6-5-10(19-11)12(13,14)15/h5-6,8-9H,3-4,7,16H2,1-2H3,(H,17,18,19). The molecule has 0 bridgehead atoms. The predicted octanol–water partition coefficient (Wildman–Crippen LogP) is 2.67. The molecule has 0 saturated carbocycles. The highest BCUT2D eigenvalue weighted by Crippen LogP contribution is 2.27. The van der Waals surface area contributed by atoms with Crippen molar-refractivity contribution >= 4 is 5.95 Å². The topological polar surface area (TPSA) is 63.8 Å². The van der Waals surface area contributed by atoms with E-state index < -0.39 is 11.9 Å². The van der Waals surface area contributed by atoms with Crippen LogP contribution in [0.4, 0.5) is 19.1 Å². The minimum Gasteiger partial charge on any atom is -0.353 e. The second kappa shape index (κ2) is 6.70. The number of aromatic nitrogens is 2. The van der Waals surface area contributed by atoms with E-state index in [1.54, 1.807) is 0 Å². The van der Waals surface area contributed by atoms with Crippen molar-refractivity contribution in [2.24, 2.45) is 11.7 Å². The van der Waals surface area contributed by atoms with Crippen molar-refractivity contribution in [3.8, 4) is 0 Å². The summed E-state index contributed by atoms with van der Waals surface area (Å²) in [5.74, 6) is 0.287. The van der Waals surface area contributed by atoms with Gasteiger partial charge < -0.3 is 11.1 Å². The maximum absolute atomic E-state index is 12.5. The highest BCUT2D eigenvalue weighted by atomic mass is 19.4. The lowest BCUT2D eigenvalue weighted by atomic mass is 9.95. The van der Waals surface area contributed by atoms with Gasteiger partial charge in [-0.05, 0) is 12.0 Å². The van der Waals surface area contributed by atoms with Crippen LogP contribution in [0.1, 0.15) is 32.4 Å².